The molecule has 0 saturated carbocycles. The molecule has 0 aliphatic carbocycles. The Balaban J connectivity index is 2.22. The first-order valence-corrected chi connectivity index (χ1v) is 6.04. The summed E-state index contributed by atoms with van der Waals surface area (Å²) in [6.45, 7) is 2.02. The molecule has 1 fully saturated rings. The third-order valence-electron chi connectivity index (χ3n) is 3.25. The zero-order chi connectivity index (χ0) is 13.1. The molecule has 0 unspecified atom stereocenters. The zero-order valence-corrected chi connectivity index (χ0v) is 10.8. The predicted molar refractivity (Wildman–Crippen MR) is 71.9 cm³/mol. The van der Waals surface area contributed by atoms with E-state index in [0.717, 1.165) is 30.9 Å². The fraction of sp³-hybridized carbons (Fsp3) is 0.462. The van der Waals surface area contributed by atoms with Crippen LogP contribution >= 0.6 is 0 Å². The van der Waals surface area contributed by atoms with Gasteiger partial charge in [0.25, 0.3) is 0 Å². The van der Waals surface area contributed by atoms with Crippen LogP contribution in [0.4, 0.5) is 11.4 Å². The molecule has 18 heavy (non-hydrogen) atoms. The number of nitrogens with zero attached hydrogens (tertiary/aromatic N) is 2. The standard InChI is InChI=1S/C13H19N3O2/c1-15-6-3-7-16(9-13(15)17)12-5-4-10(18-2)8-11(12)14/h4-5,8H,3,6-7,9,14H2,1-2H3. The summed E-state index contributed by atoms with van der Waals surface area (Å²) < 4.78 is 5.13. The number of hydrogen-bond donors (Lipinski definition) is 1. The first-order valence-electron chi connectivity index (χ1n) is 6.04. The van der Waals surface area contributed by atoms with Crippen molar-refractivity contribution in [3.63, 3.8) is 0 Å². The van der Waals surface area contributed by atoms with E-state index in [9.17, 15) is 4.79 Å². The highest BCUT2D eigenvalue weighted by molar-refractivity contribution is 5.83. The zero-order valence-electron chi connectivity index (χ0n) is 10.8. The number of ether oxygens (including phenoxy) is 1. The SMILES string of the molecule is COc1ccc(N2CCCN(C)C(=O)C2)c(N)c1. The molecule has 1 aliphatic heterocycles. The van der Waals surface area contributed by atoms with Gasteiger partial charge in [0.1, 0.15) is 5.75 Å². The van der Waals surface area contributed by atoms with Gasteiger partial charge in [0, 0.05) is 26.2 Å². The molecule has 1 saturated heterocycles. The van der Waals surface area contributed by atoms with Crippen LogP contribution in [0.3, 0.4) is 0 Å². The Labute approximate surface area is 107 Å². The number of hydrogen-bond acceptors (Lipinski definition) is 4. The smallest absolute Gasteiger partial charge is 0.241 e. The summed E-state index contributed by atoms with van der Waals surface area (Å²) >= 11 is 0. The minimum atomic E-state index is 0.128. The number of methoxy groups -OCH3 is 1. The van der Waals surface area contributed by atoms with Gasteiger partial charge in [-0.25, -0.2) is 0 Å². The van der Waals surface area contributed by atoms with E-state index in [-0.39, 0.29) is 5.91 Å². The number of nitrogens with two attached hydrogens (primary N) is 1. The lowest BCUT2D eigenvalue weighted by Gasteiger charge is -2.23. The van der Waals surface area contributed by atoms with Crippen molar-refractivity contribution in [1.29, 1.82) is 0 Å². The molecule has 0 spiro atoms. The van der Waals surface area contributed by atoms with Crippen LogP contribution in [0.25, 0.3) is 0 Å². The summed E-state index contributed by atoms with van der Waals surface area (Å²) in [4.78, 5) is 15.6. The van der Waals surface area contributed by atoms with Gasteiger partial charge in [0.15, 0.2) is 0 Å². The highest BCUT2D eigenvalue weighted by Crippen LogP contribution is 2.28. The topological polar surface area (TPSA) is 58.8 Å². The van der Waals surface area contributed by atoms with Crippen LogP contribution in [0.15, 0.2) is 18.2 Å². The van der Waals surface area contributed by atoms with Gasteiger partial charge in [-0.3, -0.25) is 4.79 Å². The molecule has 1 heterocycles. The average molecular weight is 249 g/mol. The largest absolute Gasteiger partial charge is 0.497 e. The fourth-order valence-corrected chi connectivity index (χ4v) is 2.14. The molecule has 5 nitrogen and oxygen atoms in total. The van der Waals surface area contributed by atoms with E-state index in [1.54, 1.807) is 18.1 Å². The van der Waals surface area contributed by atoms with Crippen LogP contribution < -0.4 is 15.4 Å². The molecule has 0 bridgehead atoms. The Hall–Kier alpha value is -1.91. The van der Waals surface area contributed by atoms with Crippen molar-refractivity contribution in [3.05, 3.63) is 18.2 Å². The van der Waals surface area contributed by atoms with E-state index in [2.05, 4.69) is 0 Å². The Bertz CT molecular complexity index is 448. The number of nitrogen functional groups attached to an aromatic ring is 1. The number of carbonyl (C=O) groups excluding carboxylic acids is 1. The molecule has 1 aromatic carbocycles. The minimum Gasteiger partial charge on any atom is -0.497 e. The quantitative estimate of drug-likeness (QED) is 0.793. The lowest BCUT2D eigenvalue weighted by Crippen LogP contribution is -2.34. The van der Waals surface area contributed by atoms with Gasteiger partial charge in [-0.1, -0.05) is 0 Å². The number of anilines is 2. The van der Waals surface area contributed by atoms with Gasteiger partial charge >= 0.3 is 0 Å². The maximum atomic E-state index is 11.9. The normalized spacial score (nSPS) is 16.7. The third-order valence-corrected chi connectivity index (χ3v) is 3.25. The Kier molecular flexibility index (Phi) is 3.60. The first-order chi connectivity index (χ1) is 8.61. The molecular weight excluding hydrogens is 230 g/mol. The summed E-state index contributed by atoms with van der Waals surface area (Å²) in [5.41, 5.74) is 7.56. The van der Waals surface area contributed by atoms with Crippen molar-refractivity contribution < 1.29 is 9.53 Å². The fourth-order valence-electron chi connectivity index (χ4n) is 2.14. The number of carbonyl (C=O) groups is 1. The second-order valence-electron chi connectivity index (χ2n) is 4.52. The second kappa shape index (κ2) is 5.16. The van der Waals surface area contributed by atoms with Gasteiger partial charge in [-0.2, -0.15) is 0 Å². The monoisotopic (exact) mass is 249 g/mol. The van der Waals surface area contributed by atoms with E-state index in [4.69, 9.17) is 10.5 Å². The Morgan fingerprint density at radius 2 is 2.11 bits per heavy atom. The molecule has 98 valence electrons. The van der Waals surface area contributed by atoms with Crippen molar-refractivity contribution in [1.82, 2.24) is 4.90 Å². The third kappa shape index (κ3) is 2.50. The van der Waals surface area contributed by atoms with Crippen LogP contribution in [-0.2, 0) is 4.79 Å². The van der Waals surface area contributed by atoms with Crippen LogP contribution in [0.1, 0.15) is 6.42 Å². The lowest BCUT2D eigenvalue weighted by molar-refractivity contribution is -0.127. The van der Waals surface area contributed by atoms with Crippen molar-refractivity contribution in [2.75, 3.05) is 44.4 Å². The van der Waals surface area contributed by atoms with Crippen molar-refractivity contribution in [2.24, 2.45) is 0 Å². The lowest BCUT2D eigenvalue weighted by atomic mass is 10.2. The highest BCUT2D eigenvalue weighted by atomic mass is 16.5. The van der Waals surface area contributed by atoms with E-state index >= 15 is 0 Å². The molecule has 0 radical (unpaired) electrons. The highest BCUT2D eigenvalue weighted by Gasteiger charge is 2.20. The second-order valence-corrected chi connectivity index (χ2v) is 4.52. The van der Waals surface area contributed by atoms with Crippen molar-refractivity contribution >= 4 is 17.3 Å². The molecule has 5 heteroatoms. The molecule has 0 atom stereocenters. The van der Waals surface area contributed by atoms with Crippen molar-refractivity contribution in [2.45, 2.75) is 6.42 Å². The summed E-state index contributed by atoms with van der Waals surface area (Å²) in [5, 5.41) is 0. The van der Waals surface area contributed by atoms with E-state index in [1.807, 2.05) is 24.1 Å². The number of rotatable bonds is 2. The van der Waals surface area contributed by atoms with Crippen LogP contribution in [-0.4, -0.2) is 44.6 Å². The molecule has 1 amide bonds. The van der Waals surface area contributed by atoms with Crippen molar-refractivity contribution in [3.8, 4) is 5.75 Å². The summed E-state index contributed by atoms with van der Waals surface area (Å²) in [6.07, 6.45) is 0.952. The van der Waals surface area contributed by atoms with Gasteiger partial charge in [-0.05, 0) is 18.6 Å². The van der Waals surface area contributed by atoms with Gasteiger partial charge < -0.3 is 20.3 Å². The number of amides is 1. The van der Waals surface area contributed by atoms with Gasteiger partial charge in [0.05, 0.1) is 25.0 Å². The summed E-state index contributed by atoms with van der Waals surface area (Å²) in [7, 11) is 3.45. The minimum absolute atomic E-state index is 0.128. The van der Waals surface area contributed by atoms with E-state index in [0.29, 0.717) is 12.2 Å². The summed E-state index contributed by atoms with van der Waals surface area (Å²) in [5.74, 6) is 0.859. The van der Waals surface area contributed by atoms with E-state index in [1.165, 1.54) is 0 Å². The van der Waals surface area contributed by atoms with Crippen LogP contribution in [0.2, 0.25) is 0 Å². The summed E-state index contributed by atoms with van der Waals surface area (Å²) in [6, 6.07) is 5.56. The van der Waals surface area contributed by atoms with Crippen LogP contribution in [0, 0.1) is 0 Å². The number of likely N-dealkylation sites (N-methyl/N-ethyl adjacent to an activating group) is 1. The molecule has 2 rings (SSSR count). The molecule has 1 aliphatic rings. The Morgan fingerprint density at radius 1 is 1.33 bits per heavy atom. The first kappa shape index (κ1) is 12.5. The number of benzene rings is 1. The molecular formula is C13H19N3O2. The predicted octanol–water partition coefficient (Wildman–Crippen LogP) is 0.946. The van der Waals surface area contributed by atoms with Gasteiger partial charge in [-0.15, -0.1) is 0 Å². The maximum Gasteiger partial charge on any atom is 0.241 e. The molecule has 2 N–H and O–H groups in total. The van der Waals surface area contributed by atoms with Gasteiger partial charge in [0.2, 0.25) is 5.91 Å². The molecule has 0 aromatic heterocycles. The molecule has 1 aromatic rings. The van der Waals surface area contributed by atoms with Crippen LogP contribution in [0.5, 0.6) is 5.75 Å². The average Bonchev–Trinajstić information content (AvgIpc) is 2.52. The Morgan fingerprint density at radius 3 is 2.78 bits per heavy atom. The van der Waals surface area contributed by atoms with E-state index < -0.39 is 0 Å². The maximum absolute atomic E-state index is 11.9.